The van der Waals surface area contributed by atoms with E-state index in [-0.39, 0.29) is 11.5 Å². The van der Waals surface area contributed by atoms with Crippen LogP contribution >= 0.6 is 0 Å². The van der Waals surface area contributed by atoms with Gasteiger partial charge in [0.1, 0.15) is 0 Å². The predicted molar refractivity (Wildman–Crippen MR) is 85.6 cm³/mol. The van der Waals surface area contributed by atoms with Crippen LogP contribution in [-0.4, -0.2) is 4.98 Å². The highest BCUT2D eigenvalue weighted by Crippen LogP contribution is 2.49. The van der Waals surface area contributed by atoms with Crippen molar-refractivity contribution >= 4 is 0 Å². The third-order valence-corrected chi connectivity index (χ3v) is 4.95. The van der Waals surface area contributed by atoms with Gasteiger partial charge in [0.25, 0.3) is 0 Å². The number of hydrogen-bond donors (Lipinski definition) is 2. The Morgan fingerprint density at radius 3 is 2.48 bits per heavy atom. The lowest BCUT2D eigenvalue weighted by molar-refractivity contribution is 0.302. The molecule has 0 spiro atoms. The van der Waals surface area contributed by atoms with Gasteiger partial charge in [0.15, 0.2) is 0 Å². The molecule has 0 bridgehead atoms. The molecule has 1 aliphatic rings. The Bertz CT molecular complexity index is 588. The van der Waals surface area contributed by atoms with Crippen LogP contribution in [0.2, 0.25) is 0 Å². The molecule has 1 aliphatic carbocycles. The van der Waals surface area contributed by atoms with Gasteiger partial charge < -0.3 is 0 Å². The van der Waals surface area contributed by atoms with Gasteiger partial charge in [-0.1, -0.05) is 43.2 Å². The summed E-state index contributed by atoms with van der Waals surface area (Å²) in [7, 11) is 0. The van der Waals surface area contributed by atoms with Crippen LogP contribution in [0.3, 0.4) is 0 Å². The van der Waals surface area contributed by atoms with E-state index >= 15 is 0 Å². The first kappa shape index (κ1) is 14.2. The molecule has 1 saturated carbocycles. The number of nitrogens with zero attached hydrogens (tertiary/aromatic N) is 1. The van der Waals surface area contributed by atoms with Crippen molar-refractivity contribution < 1.29 is 0 Å². The summed E-state index contributed by atoms with van der Waals surface area (Å²) >= 11 is 0. The second kappa shape index (κ2) is 5.96. The SMILES string of the molecule is Cc1ccncc1C(NN)C1(c2ccccc2)CCCC1. The van der Waals surface area contributed by atoms with Crippen LogP contribution in [0.15, 0.2) is 48.8 Å². The number of pyridine rings is 1. The Hall–Kier alpha value is -1.71. The molecule has 1 atom stereocenters. The van der Waals surface area contributed by atoms with E-state index in [0.29, 0.717) is 0 Å². The molecule has 1 heterocycles. The number of aryl methyl sites for hydroxylation is 1. The summed E-state index contributed by atoms with van der Waals surface area (Å²) < 4.78 is 0. The molecule has 3 nitrogen and oxygen atoms in total. The van der Waals surface area contributed by atoms with E-state index in [1.165, 1.54) is 42.4 Å². The summed E-state index contributed by atoms with van der Waals surface area (Å²) in [4.78, 5) is 4.31. The first-order valence-corrected chi connectivity index (χ1v) is 7.70. The zero-order valence-corrected chi connectivity index (χ0v) is 12.5. The van der Waals surface area contributed by atoms with Crippen molar-refractivity contribution in [1.29, 1.82) is 0 Å². The lowest BCUT2D eigenvalue weighted by Gasteiger charge is -2.38. The largest absolute Gasteiger partial charge is 0.271 e. The molecule has 21 heavy (non-hydrogen) atoms. The molecule has 0 radical (unpaired) electrons. The van der Waals surface area contributed by atoms with E-state index in [1.807, 2.05) is 12.4 Å². The second-order valence-corrected chi connectivity index (χ2v) is 6.06. The fourth-order valence-electron chi connectivity index (χ4n) is 3.85. The number of rotatable bonds is 4. The summed E-state index contributed by atoms with van der Waals surface area (Å²) in [5.74, 6) is 6.00. The predicted octanol–water partition coefficient (Wildman–Crippen LogP) is 3.41. The number of nitrogens with one attached hydrogen (secondary N) is 1. The topological polar surface area (TPSA) is 50.9 Å². The number of aromatic nitrogens is 1. The van der Waals surface area contributed by atoms with Gasteiger partial charge in [0.2, 0.25) is 0 Å². The van der Waals surface area contributed by atoms with Gasteiger partial charge in [-0.2, -0.15) is 0 Å². The maximum absolute atomic E-state index is 6.00. The van der Waals surface area contributed by atoms with Crippen molar-refractivity contribution in [3.8, 4) is 0 Å². The highest BCUT2D eigenvalue weighted by atomic mass is 15.2. The molecule has 1 unspecified atom stereocenters. The Morgan fingerprint density at radius 2 is 1.86 bits per heavy atom. The quantitative estimate of drug-likeness (QED) is 0.667. The molecular formula is C18H23N3. The standard InChI is InChI=1S/C18H23N3/c1-14-9-12-20-13-16(14)17(21-19)18(10-5-6-11-18)15-7-3-2-4-8-15/h2-4,7-9,12-13,17,21H,5-6,10-11,19H2,1H3. The van der Waals surface area contributed by atoms with Gasteiger partial charge in [-0.3, -0.25) is 16.3 Å². The summed E-state index contributed by atoms with van der Waals surface area (Å²) in [5.41, 5.74) is 7.02. The molecule has 0 saturated heterocycles. The molecular weight excluding hydrogens is 258 g/mol. The minimum atomic E-state index is 0.0732. The first-order chi connectivity index (χ1) is 10.3. The Balaban J connectivity index is 2.10. The van der Waals surface area contributed by atoms with Crippen LogP contribution in [0.25, 0.3) is 0 Å². The lowest BCUT2D eigenvalue weighted by atomic mass is 9.70. The molecule has 3 rings (SSSR count). The monoisotopic (exact) mass is 281 g/mol. The van der Waals surface area contributed by atoms with Crippen molar-refractivity contribution in [2.45, 2.75) is 44.1 Å². The van der Waals surface area contributed by atoms with Crippen molar-refractivity contribution in [2.75, 3.05) is 0 Å². The zero-order valence-electron chi connectivity index (χ0n) is 12.5. The van der Waals surface area contributed by atoms with Crippen LogP contribution in [0.4, 0.5) is 0 Å². The fraction of sp³-hybridized carbons (Fsp3) is 0.389. The third kappa shape index (κ3) is 2.47. The van der Waals surface area contributed by atoms with Crippen LogP contribution in [0.5, 0.6) is 0 Å². The average Bonchev–Trinajstić information content (AvgIpc) is 3.01. The summed E-state index contributed by atoms with van der Waals surface area (Å²) in [5, 5.41) is 0. The highest BCUT2D eigenvalue weighted by molar-refractivity contribution is 5.36. The molecule has 2 aromatic rings. The molecule has 3 heteroatoms. The van der Waals surface area contributed by atoms with Crippen molar-refractivity contribution in [1.82, 2.24) is 10.4 Å². The third-order valence-electron chi connectivity index (χ3n) is 4.95. The summed E-state index contributed by atoms with van der Waals surface area (Å²) in [6, 6.07) is 13.0. The van der Waals surface area contributed by atoms with Gasteiger partial charge in [-0.15, -0.1) is 0 Å². The molecule has 110 valence electrons. The molecule has 1 aromatic carbocycles. The average molecular weight is 281 g/mol. The van der Waals surface area contributed by atoms with Gasteiger partial charge in [-0.25, -0.2) is 0 Å². The van der Waals surface area contributed by atoms with E-state index < -0.39 is 0 Å². The van der Waals surface area contributed by atoms with Crippen LogP contribution in [0.1, 0.15) is 48.4 Å². The van der Waals surface area contributed by atoms with Gasteiger partial charge >= 0.3 is 0 Å². The van der Waals surface area contributed by atoms with E-state index in [2.05, 4.69) is 53.7 Å². The maximum atomic E-state index is 6.00. The van der Waals surface area contributed by atoms with Gasteiger partial charge in [-0.05, 0) is 42.5 Å². The highest BCUT2D eigenvalue weighted by Gasteiger charge is 2.43. The van der Waals surface area contributed by atoms with Crippen molar-refractivity contribution in [3.63, 3.8) is 0 Å². The fourth-order valence-corrected chi connectivity index (χ4v) is 3.85. The number of hydrazine groups is 1. The Morgan fingerprint density at radius 1 is 1.14 bits per heavy atom. The lowest BCUT2D eigenvalue weighted by Crippen LogP contribution is -2.43. The Kier molecular flexibility index (Phi) is 4.04. The minimum absolute atomic E-state index is 0.0732. The van der Waals surface area contributed by atoms with Crippen molar-refractivity contribution in [2.24, 2.45) is 5.84 Å². The van der Waals surface area contributed by atoms with E-state index in [1.54, 1.807) is 0 Å². The summed E-state index contributed by atoms with van der Waals surface area (Å²) in [6.07, 6.45) is 8.65. The van der Waals surface area contributed by atoms with Crippen molar-refractivity contribution in [3.05, 3.63) is 65.5 Å². The van der Waals surface area contributed by atoms with Gasteiger partial charge in [0.05, 0.1) is 6.04 Å². The first-order valence-electron chi connectivity index (χ1n) is 7.70. The van der Waals surface area contributed by atoms with Gasteiger partial charge in [0, 0.05) is 17.8 Å². The molecule has 0 amide bonds. The maximum Gasteiger partial charge on any atom is 0.0574 e. The molecule has 1 aromatic heterocycles. The molecule has 3 N–H and O–H groups in total. The summed E-state index contributed by atoms with van der Waals surface area (Å²) in [6.45, 7) is 2.13. The van der Waals surface area contributed by atoms with Crippen LogP contribution < -0.4 is 11.3 Å². The number of benzene rings is 1. The number of nitrogens with two attached hydrogens (primary N) is 1. The second-order valence-electron chi connectivity index (χ2n) is 6.06. The van der Waals surface area contributed by atoms with E-state index in [0.717, 1.165) is 0 Å². The minimum Gasteiger partial charge on any atom is -0.271 e. The Labute approximate surface area is 126 Å². The van der Waals surface area contributed by atoms with E-state index in [9.17, 15) is 0 Å². The molecule has 1 fully saturated rings. The zero-order chi connectivity index (χ0) is 14.7. The normalized spacial score (nSPS) is 18.6. The van der Waals surface area contributed by atoms with Crippen LogP contribution in [-0.2, 0) is 5.41 Å². The van der Waals surface area contributed by atoms with E-state index in [4.69, 9.17) is 5.84 Å². The molecule has 0 aliphatic heterocycles. The van der Waals surface area contributed by atoms with Crippen LogP contribution in [0, 0.1) is 6.92 Å². The number of hydrogen-bond acceptors (Lipinski definition) is 3. The smallest absolute Gasteiger partial charge is 0.0574 e.